The molecule has 11 nitrogen and oxygen atoms in total. The molecule has 164 valence electrons. The zero-order chi connectivity index (χ0) is 22.3. The van der Waals surface area contributed by atoms with Gasteiger partial charge in [-0.05, 0) is 44.4 Å². The van der Waals surface area contributed by atoms with Crippen molar-refractivity contribution < 1.29 is 29.0 Å². The molecule has 30 heavy (non-hydrogen) atoms. The van der Waals surface area contributed by atoms with Crippen molar-refractivity contribution in [1.82, 2.24) is 5.32 Å². The molecular weight excluding hydrogens is 394 g/mol. The summed E-state index contributed by atoms with van der Waals surface area (Å²) in [5.41, 5.74) is 11.6. The lowest BCUT2D eigenvalue weighted by molar-refractivity contribution is -0.139. The third-order valence-corrected chi connectivity index (χ3v) is 4.16. The van der Waals surface area contributed by atoms with Gasteiger partial charge in [-0.2, -0.15) is 0 Å². The largest absolute Gasteiger partial charge is 0.480 e. The molecule has 0 saturated heterocycles. The van der Waals surface area contributed by atoms with Crippen molar-refractivity contribution in [3.63, 3.8) is 0 Å². The first-order valence-electron chi connectivity index (χ1n) is 9.51. The fourth-order valence-electron chi connectivity index (χ4n) is 2.83. The van der Waals surface area contributed by atoms with Gasteiger partial charge < -0.3 is 36.7 Å². The molecule has 1 heterocycles. The maximum absolute atomic E-state index is 12.3. The van der Waals surface area contributed by atoms with Crippen LogP contribution in [0.5, 0.6) is 5.75 Å². The van der Waals surface area contributed by atoms with Crippen LogP contribution < -0.4 is 26.8 Å². The smallest absolute Gasteiger partial charge is 0.408 e. The minimum atomic E-state index is -1.20. The van der Waals surface area contributed by atoms with Gasteiger partial charge in [0.25, 0.3) is 5.91 Å². The summed E-state index contributed by atoms with van der Waals surface area (Å²) in [6, 6.07) is 3.77. The highest BCUT2D eigenvalue weighted by molar-refractivity contribution is 5.97. The molecule has 7 N–H and O–H groups in total. The standard InChI is InChI=1S/C19H27N5O6/c1-10(2)29-19(28)24-13(17(26)27)9-11-5-6-14-12(8-11)23-16(25)15(30-14)4-3-7-22-18(20)21/h5-6,8,10,13,15H,3-4,7,9H2,1-2H3,(H,23,25)(H,24,28)(H,26,27)(H4,20,21,22)/t13-,15+/m0/s1. The number of benzene rings is 1. The van der Waals surface area contributed by atoms with Gasteiger partial charge in [0.05, 0.1) is 11.8 Å². The molecular formula is C19H27N5O6. The Morgan fingerprint density at radius 2 is 2.10 bits per heavy atom. The molecule has 0 aliphatic carbocycles. The summed E-state index contributed by atoms with van der Waals surface area (Å²) in [4.78, 5) is 39.4. The Morgan fingerprint density at radius 1 is 1.37 bits per heavy atom. The third kappa shape index (κ3) is 6.83. The number of rotatable bonds is 9. The molecule has 0 aromatic heterocycles. The molecule has 0 spiro atoms. The highest BCUT2D eigenvalue weighted by atomic mass is 16.6. The number of guanidine groups is 1. The Morgan fingerprint density at radius 3 is 2.73 bits per heavy atom. The molecule has 0 saturated carbocycles. The van der Waals surface area contributed by atoms with E-state index in [1.165, 1.54) is 0 Å². The number of aliphatic imine (C=N–C) groups is 1. The topological polar surface area (TPSA) is 178 Å². The summed E-state index contributed by atoms with van der Waals surface area (Å²) in [6.07, 6.45) is -0.835. The van der Waals surface area contributed by atoms with Crippen LogP contribution in [0.2, 0.25) is 0 Å². The molecule has 0 radical (unpaired) electrons. The predicted octanol–water partition coefficient (Wildman–Crippen LogP) is 0.570. The first kappa shape index (κ1) is 22.8. The van der Waals surface area contributed by atoms with E-state index in [-0.39, 0.29) is 24.4 Å². The maximum atomic E-state index is 12.3. The predicted molar refractivity (Wildman–Crippen MR) is 109 cm³/mol. The van der Waals surface area contributed by atoms with Crippen molar-refractivity contribution in [2.24, 2.45) is 16.5 Å². The van der Waals surface area contributed by atoms with Gasteiger partial charge in [0.1, 0.15) is 11.8 Å². The maximum Gasteiger partial charge on any atom is 0.408 e. The minimum absolute atomic E-state index is 0.00601. The summed E-state index contributed by atoms with van der Waals surface area (Å²) in [5.74, 6) is -1.04. The minimum Gasteiger partial charge on any atom is -0.480 e. The van der Waals surface area contributed by atoms with E-state index in [4.69, 9.17) is 20.9 Å². The number of carbonyl (C=O) groups excluding carboxylic acids is 2. The van der Waals surface area contributed by atoms with Crippen molar-refractivity contribution in [3.05, 3.63) is 23.8 Å². The average molecular weight is 421 g/mol. The van der Waals surface area contributed by atoms with E-state index in [1.807, 2.05) is 0 Å². The van der Waals surface area contributed by atoms with Crippen LogP contribution in [0.4, 0.5) is 10.5 Å². The number of anilines is 1. The van der Waals surface area contributed by atoms with Crippen LogP contribution in [-0.2, 0) is 20.7 Å². The fraction of sp³-hybridized carbons (Fsp3) is 0.474. The van der Waals surface area contributed by atoms with Crippen LogP contribution in [-0.4, -0.2) is 53.8 Å². The van der Waals surface area contributed by atoms with E-state index < -0.39 is 24.2 Å². The Bertz CT molecular complexity index is 822. The summed E-state index contributed by atoms with van der Waals surface area (Å²) in [6.45, 7) is 3.72. The van der Waals surface area contributed by atoms with Crippen molar-refractivity contribution in [2.45, 2.75) is 51.4 Å². The molecule has 2 rings (SSSR count). The van der Waals surface area contributed by atoms with E-state index in [0.717, 1.165) is 0 Å². The lowest BCUT2D eigenvalue weighted by Gasteiger charge is -2.26. The number of carboxylic acid groups (broad SMARTS) is 1. The van der Waals surface area contributed by atoms with Gasteiger partial charge in [0.2, 0.25) is 0 Å². The number of nitrogens with zero attached hydrogens (tertiary/aromatic N) is 1. The van der Waals surface area contributed by atoms with Crippen molar-refractivity contribution >= 4 is 29.6 Å². The van der Waals surface area contributed by atoms with E-state index in [2.05, 4.69) is 15.6 Å². The zero-order valence-corrected chi connectivity index (χ0v) is 16.9. The van der Waals surface area contributed by atoms with Gasteiger partial charge in [-0.15, -0.1) is 0 Å². The van der Waals surface area contributed by atoms with Crippen LogP contribution in [0.25, 0.3) is 0 Å². The number of carboxylic acids is 1. The first-order chi connectivity index (χ1) is 14.2. The van der Waals surface area contributed by atoms with Gasteiger partial charge in [-0.1, -0.05) is 6.07 Å². The first-order valence-corrected chi connectivity index (χ1v) is 9.51. The summed E-state index contributed by atoms with van der Waals surface area (Å²) < 4.78 is 10.7. The summed E-state index contributed by atoms with van der Waals surface area (Å²) in [7, 11) is 0. The molecule has 2 amide bonds. The number of fused-ring (bicyclic) bond motifs is 1. The van der Waals surface area contributed by atoms with Gasteiger partial charge in [-0.3, -0.25) is 9.79 Å². The number of aliphatic carboxylic acids is 1. The Balaban J connectivity index is 2.01. The van der Waals surface area contributed by atoms with E-state index in [1.54, 1.807) is 32.0 Å². The Hall–Kier alpha value is -3.50. The molecule has 0 unspecified atom stereocenters. The van der Waals surface area contributed by atoms with Crippen molar-refractivity contribution in [3.8, 4) is 5.75 Å². The van der Waals surface area contributed by atoms with E-state index in [9.17, 15) is 19.5 Å². The van der Waals surface area contributed by atoms with E-state index in [0.29, 0.717) is 36.4 Å². The number of hydrogen-bond donors (Lipinski definition) is 5. The lowest BCUT2D eigenvalue weighted by Crippen LogP contribution is -2.43. The van der Waals surface area contributed by atoms with Crippen LogP contribution in [0.15, 0.2) is 23.2 Å². The quantitative estimate of drug-likeness (QED) is 0.218. The summed E-state index contributed by atoms with van der Waals surface area (Å²) in [5, 5.41) is 14.5. The van der Waals surface area contributed by atoms with Gasteiger partial charge in [0, 0.05) is 13.0 Å². The Labute approximate surface area is 173 Å². The normalized spacial score (nSPS) is 16.0. The fourth-order valence-corrected chi connectivity index (χ4v) is 2.83. The molecule has 1 aliphatic heterocycles. The van der Waals surface area contributed by atoms with Gasteiger partial charge in [-0.25, -0.2) is 9.59 Å². The van der Waals surface area contributed by atoms with Crippen LogP contribution >= 0.6 is 0 Å². The molecule has 0 bridgehead atoms. The van der Waals surface area contributed by atoms with Crippen LogP contribution in [0, 0.1) is 0 Å². The monoisotopic (exact) mass is 421 g/mol. The second-order valence-electron chi connectivity index (χ2n) is 7.07. The second-order valence-corrected chi connectivity index (χ2v) is 7.07. The third-order valence-electron chi connectivity index (χ3n) is 4.16. The summed E-state index contributed by atoms with van der Waals surface area (Å²) >= 11 is 0. The second kappa shape index (κ2) is 10.3. The number of nitrogens with two attached hydrogens (primary N) is 2. The number of ether oxygens (including phenoxy) is 2. The lowest BCUT2D eigenvalue weighted by atomic mass is 10.0. The van der Waals surface area contributed by atoms with Gasteiger partial charge in [0.15, 0.2) is 12.1 Å². The number of amides is 2. The molecule has 1 aliphatic rings. The van der Waals surface area contributed by atoms with E-state index >= 15 is 0 Å². The van der Waals surface area contributed by atoms with Crippen molar-refractivity contribution in [2.75, 3.05) is 11.9 Å². The van der Waals surface area contributed by atoms with Crippen molar-refractivity contribution in [1.29, 1.82) is 0 Å². The number of alkyl carbamates (subject to hydrolysis) is 1. The highest BCUT2D eigenvalue weighted by Crippen LogP contribution is 2.32. The SMILES string of the molecule is CC(C)OC(=O)N[C@@H](Cc1ccc2c(c1)NC(=O)[C@@H](CCCN=C(N)N)O2)C(=O)O. The molecule has 0 fully saturated rings. The van der Waals surface area contributed by atoms with Crippen LogP contribution in [0.3, 0.4) is 0 Å². The molecule has 2 atom stereocenters. The molecule has 1 aromatic rings. The molecule has 1 aromatic carbocycles. The number of nitrogens with one attached hydrogen (secondary N) is 2. The number of carbonyl (C=O) groups is 3. The molecule has 11 heteroatoms. The highest BCUT2D eigenvalue weighted by Gasteiger charge is 2.28. The zero-order valence-electron chi connectivity index (χ0n) is 16.9. The van der Waals surface area contributed by atoms with Gasteiger partial charge >= 0.3 is 12.1 Å². The number of hydrogen-bond acceptors (Lipinski definition) is 6. The Kier molecular flexibility index (Phi) is 7.84. The van der Waals surface area contributed by atoms with Crippen LogP contribution in [0.1, 0.15) is 32.3 Å². The average Bonchev–Trinajstić information content (AvgIpc) is 2.64.